The van der Waals surface area contributed by atoms with Gasteiger partial charge >= 0.3 is 48.1 Å². The number of hydrogen-bond donors (Lipinski definition) is 8. The van der Waals surface area contributed by atoms with E-state index in [1.807, 2.05) is 89.4 Å². The SMILES string of the molecule is CCCCCCOC(=O)/N=C(/N)c1ccc(NCc2nc3cc(C(=O)N(CCC(=O)OCC)c4ccccn4)ccc3n2C)cc1.CCCCCCOC(=O)/N=C(/N)c1ccc(NCc2nc3cc(C(=O)N(CCC(=O)OCC)c4ccccn4)ccc3n2C)cc1.CCCCCCOC(=O)/N=C(/N)c1ccc(NCc2nc3cc(C(=O)N(CCC(=O)OCC)c4ccccn4)ccc3n2C)cc1.O=C(O)CCC(=O)C(=O)O. The van der Waals surface area contributed by atoms with Crippen LogP contribution < -0.4 is 47.9 Å². The number of nitrogens with zero attached hydrogens (tertiary/aromatic N) is 15. The maximum Gasteiger partial charge on any atom is 0.435 e. The molecule has 6 amide bonds. The third-order valence-corrected chi connectivity index (χ3v) is 22.7. The number of nitrogens with two attached hydrogens (primary N) is 3. The molecule has 0 fully saturated rings. The van der Waals surface area contributed by atoms with Gasteiger partial charge in [0.15, 0.2) is 0 Å². The Hall–Kier alpha value is -17.2. The van der Waals surface area contributed by atoms with E-state index in [1.165, 1.54) is 14.7 Å². The van der Waals surface area contributed by atoms with Gasteiger partial charge in [-0.15, -0.1) is 0 Å². The number of amidine groups is 3. The zero-order chi connectivity index (χ0) is 107. The Morgan fingerprint density at radius 3 is 0.858 bits per heavy atom. The van der Waals surface area contributed by atoms with E-state index in [2.05, 4.69) is 66.7 Å². The molecule has 148 heavy (non-hydrogen) atoms. The highest BCUT2D eigenvalue weighted by Crippen LogP contribution is 2.28. The molecule has 41 nitrogen and oxygen atoms in total. The minimum Gasteiger partial charge on any atom is -0.481 e. The van der Waals surface area contributed by atoms with E-state index in [9.17, 15) is 57.5 Å². The molecule has 6 aromatic heterocycles. The fourth-order valence-electron chi connectivity index (χ4n) is 14.7. The molecule has 0 aliphatic rings. The van der Waals surface area contributed by atoms with E-state index in [0.29, 0.717) is 107 Å². The maximum atomic E-state index is 13.6. The first kappa shape index (κ1) is 114. The lowest BCUT2D eigenvalue weighted by Crippen LogP contribution is -2.34. The summed E-state index contributed by atoms with van der Waals surface area (Å²) in [5, 5.41) is 26.0. The zero-order valence-electron chi connectivity index (χ0n) is 84.7. The molecule has 6 aromatic carbocycles. The van der Waals surface area contributed by atoms with Crippen molar-refractivity contribution in [1.29, 1.82) is 0 Å². The number of pyridine rings is 3. The highest BCUT2D eigenvalue weighted by atomic mass is 16.6. The van der Waals surface area contributed by atoms with Gasteiger partial charge in [-0.3, -0.25) is 53.1 Å². The lowest BCUT2D eigenvalue weighted by atomic mass is 10.1. The summed E-state index contributed by atoms with van der Waals surface area (Å²) in [7, 11) is 5.74. The molecule has 0 bridgehead atoms. The molecular weight excluding hydrogens is 1900 g/mol. The van der Waals surface area contributed by atoms with Crippen molar-refractivity contribution in [3.63, 3.8) is 0 Å². The van der Waals surface area contributed by atoms with Crippen molar-refractivity contribution < 1.29 is 96.2 Å². The Labute approximate surface area is 857 Å². The molecule has 11 N–H and O–H groups in total. The molecular formula is C107H129N21O20. The number of fused-ring (bicyclic) bond motifs is 3. The van der Waals surface area contributed by atoms with Gasteiger partial charge in [0.2, 0.25) is 5.78 Å². The van der Waals surface area contributed by atoms with Crippen molar-refractivity contribution in [2.75, 3.05) is 89.9 Å². The second-order valence-corrected chi connectivity index (χ2v) is 33.4. The summed E-state index contributed by atoms with van der Waals surface area (Å²) in [6, 6.07) is 53.6. The summed E-state index contributed by atoms with van der Waals surface area (Å²) in [4.78, 5) is 186. The number of imidazole rings is 3. The number of carboxylic acids is 2. The summed E-state index contributed by atoms with van der Waals surface area (Å²) < 4.78 is 36.4. The van der Waals surface area contributed by atoms with E-state index in [-0.39, 0.29) is 112 Å². The number of benzene rings is 6. The van der Waals surface area contributed by atoms with Crippen LogP contribution in [0.2, 0.25) is 0 Å². The minimum atomic E-state index is -1.58. The Bertz CT molecular complexity index is 5950. The molecule has 12 rings (SSSR count). The first-order valence-electron chi connectivity index (χ1n) is 49.0. The smallest absolute Gasteiger partial charge is 0.435 e. The number of aliphatic imine (C=N–C) groups is 3. The number of aryl methyl sites for hydroxylation is 3. The van der Waals surface area contributed by atoms with E-state index < -0.39 is 48.8 Å². The van der Waals surface area contributed by atoms with E-state index in [4.69, 9.17) is 70.8 Å². The van der Waals surface area contributed by atoms with Crippen LogP contribution in [0.15, 0.2) is 216 Å². The number of aromatic nitrogens is 9. The summed E-state index contributed by atoms with van der Waals surface area (Å²) >= 11 is 0. The van der Waals surface area contributed by atoms with Gasteiger partial charge in [-0.25, -0.2) is 49.1 Å². The third-order valence-electron chi connectivity index (χ3n) is 22.7. The van der Waals surface area contributed by atoms with Crippen molar-refractivity contribution in [3.8, 4) is 0 Å². The number of ketones is 1. The molecule has 41 heteroatoms. The van der Waals surface area contributed by atoms with E-state index in [1.54, 1.807) is 167 Å². The van der Waals surface area contributed by atoms with Gasteiger partial charge in [-0.1, -0.05) is 96.8 Å². The van der Waals surface area contributed by atoms with Crippen LogP contribution in [0.3, 0.4) is 0 Å². The average molecular weight is 2030 g/mol. The van der Waals surface area contributed by atoms with Gasteiger partial charge in [-0.2, -0.15) is 15.0 Å². The second kappa shape index (κ2) is 60.4. The van der Waals surface area contributed by atoms with Crippen LogP contribution in [-0.2, 0) is 98.0 Å². The lowest BCUT2D eigenvalue weighted by molar-refractivity contribution is -0.150. The first-order valence-corrected chi connectivity index (χ1v) is 49.0. The fourth-order valence-corrected chi connectivity index (χ4v) is 14.7. The normalized spacial score (nSPS) is 11.2. The number of aliphatic carboxylic acids is 2. The molecule has 0 saturated heterocycles. The number of carboxylic acid groups (broad SMARTS) is 2. The molecule has 12 aromatic rings. The number of ether oxygens (including phenoxy) is 6. The van der Waals surface area contributed by atoms with Crippen LogP contribution in [0.25, 0.3) is 33.1 Å². The number of hydrogen-bond acceptors (Lipinski definition) is 27. The second-order valence-electron chi connectivity index (χ2n) is 33.4. The van der Waals surface area contributed by atoms with Crippen LogP contribution in [0.4, 0.5) is 48.9 Å². The van der Waals surface area contributed by atoms with Crippen LogP contribution in [-0.4, -0.2) is 202 Å². The van der Waals surface area contributed by atoms with Gasteiger partial charge < -0.3 is 85.5 Å². The third kappa shape index (κ3) is 36.3. The number of rotatable bonds is 49. The number of Topliss-reactive ketones (excluding diaryl/α,β-unsaturated/α-hetero) is 1. The summed E-state index contributed by atoms with van der Waals surface area (Å²) in [5.41, 5.74) is 28.2. The Kier molecular flexibility index (Phi) is 46.7. The monoisotopic (exact) mass is 2030 g/mol. The molecule has 0 radical (unpaired) electrons. The molecule has 0 aliphatic carbocycles. The van der Waals surface area contributed by atoms with Crippen LogP contribution in [0.5, 0.6) is 0 Å². The van der Waals surface area contributed by atoms with Gasteiger partial charge in [-0.05, 0) is 204 Å². The molecule has 0 spiro atoms. The van der Waals surface area contributed by atoms with Crippen molar-refractivity contribution in [2.24, 2.45) is 53.3 Å². The van der Waals surface area contributed by atoms with Gasteiger partial charge in [0.25, 0.3) is 17.7 Å². The molecule has 0 aliphatic heterocycles. The first-order chi connectivity index (χ1) is 71.4. The largest absolute Gasteiger partial charge is 0.481 e. The van der Waals surface area contributed by atoms with Crippen molar-refractivity contribution in [2.45, 2.75) is 170 Å². The topological polar surface area (TPSA) is 554 Å². The molecule has 782 valence electrons. The quantitative estimate of drug-likeness (QED) is 0.00438. The number of nitrogens with one attached hydrogen (secondary N) is 3. The molecule has 0 unspecified atom stereocenters. The number of anilines is 6. The zero-order valence-corrected chi connectivity index (χ0v) is 84.7. The Morgan fingerprint density at radius 1 is 0.338 bits per heavy atom. The summed E-state index contributed by atoms with van der Waals surface area (Å²) in [5.74, 6) is -1.96. The average Bonchev–Trinajstić information content (AvgIpc) is 1.60. The fraction of sp³-hybridized carbons (Fsp3) is 0.355. The van der Waals surface area contributed by atoms with Crippen LogP contribution in [0, 0.1) is 0 Å². The molecule has 0 atom stereocenters. The number of esters is 3. The van der Waals surface area contributed by atoms with Gasteiger partial charge in [0, 0.05) is 116 Å². The van der Waals surface area contributed by atoms with E-state index >= 15 is 0 Å². The van der Waals surface area contributed by atoms with Crippen LogP contribution in [0.1, 0.15) is 216 Å². The number of amides is 6. The summed E-state index contributed by atoms with van der Waals surface area (Å²) in [6.07, 6.45) is 14.1. The Morgan fingerprint density at radius 2 is 0.615 bits per heavy atom. The number of carbonyl (C=O) groups excluding carboxylic acids is 10. The molecule has 0 saturated carbocycles. The predicted molar refractivity (Wildman–Crippen MR) is 563 cm³/mol. The highest BCUT2D eigenvalue weighted by molar-refractivity contribution is 6.33. The van der Waals surface area contributed by atoms with Crippen molar-refractivity contribution >= 4 is 157 Å². The maximum absolute atomic E-state index is 13.6. The van der Waals surface area contributed by atoms with Crippen molar-refractivity contribution in [3.05, 3.63) is 251 Å². The van der Waals surface area contributed by atoms with Crippen molar-refractivity contribution in [1.82, 2.24) is 43.6 Å². The minimum absolute atomic E-state index is 0.0455. The highest BCUT2D eigenvalue weighted by Gasteiger charge is 2.27. The number of unbranched alkanes of at least 4 members (excludes halogenated alkanes) is 9. The predicted octanol–water partition coefficient (Wildman–Crippen LogP) is 16.3. The lowest BCUT2D eigenvalue weighted by Gasteiger charge is -2.21. The molecule has 6 heterocycles. The number of carbonyl (C=O) groups is 12. The van der Waals surface area contributed by atoms with Crippen LogP contribution >= 0.6 is 0 Å². The summed E-state index contributed by atoms with van der Waals surface area (Å²) in [6.45, 7) is 15.1. The van der Waals surface area contributed by atoms with Gasteiger partial charge in [0.1, 0.15) is 52.4 Å². The standard InChI is InChI=1S/3C34H41N7O5.C5H6O5/c3*1-4-6-7-10-21-46-34(44)39-32(35)24-12-15-26(16-13-24)37-23-30-38-27-22-25(14-17-28(27)40(30)3)33(43)41(20-18-31(42)45-5-2)29-11-8-9-19-36-29;6-3(5(9)10)1-2-4(7)8/h3*8-9,11-17,19,22,37H,4-7,10,18,20-21,23H2,1-3H3,(H2,35,39,44);1-2H2,(H,7,8)(H,9,10). The van der Waals surface area contributed by atoms with E-state index in [0.717, 1.165) is 128 Å². The van der Waals surface area contributed by atoms with Gasteiger partial charge in [0.05, 0.1) is 118 Å². The Balaban J connectivity index is 0.000000235.